The molecule has 7 atom stereocenters. The molecule has 1 unspecified atom stereocenters. The molecule has 1 heterocycles. The molecule has 9 heteroatoms. The molecule has 0 aliphatic heterocycles. The summed E-state index contributed by atoms with van der Waals surface area (Å²) in [7, 11) is 3.26. The molecule has 192 valence electrons. The topological polar surface area (TPSA) is 125 Å². The fourth-order valence-electron chi connectivity index (χ4n) is 6.41. The number of carbonyl (C=O) groups is 2. The van der Waals surface area contributed by atoms with Crippen molar-refractivity contribution >= 4 is 17.7 Å². The van der Waals surface area contributed by atoms with E-state index >= 15 is 0 Å². The van der Waals surface area contributed by atoms with Gasteiger partial charge in [-0.15, -0.1) is 0 Å². The van der Waals surface area contributed by atoms with E-state index in [-0.39, 0.29) is 22.7 Å². The van der Waals surface area contributed by atoms with E-state index in [1.54, 1.807) is 36.9 Å². The number of rotatable bonds is 5. The van der Waals surface area contributed by atoms with Gasteiger partial charge in [-0.05, 0) is 42.2 Å². The number of aromatic nitrogens is 2. The normalized spacial score (nSPS) is 35.7. The van der Waals surface area contributed by atoms with E-state index in [0.29, 0.717) is 17.3 Å². The first kappa shape index (κ1) is 25.6. The van der Waals surface area contributed by atoms with Gasteiger partial charge in [0.15, 0.2) is 11.9 Å². The number of ether oxygens (including phenoxy) is 1. The van der Waals surface area contributed by atoms with E-state index in [2.05, 4.69) is 25.9 Å². The van der Waals surface area contributed by atoms with Crippen LogP contribution in [0.15, 0.2) is 29.4 Å². The first-order chi connectivity index (χ1) is 16.3. The molecule has 1 aromatic heterocycles. The van der Waals surface area contributed by atoms with Crippen LogP contribution in [0, 0.1) is 36.0 Å². The molecular weight excluding hydrogens is 450 g/mol. The predicted octanol–water partition coefficient (Wildman–Crippen LogP) is 2.14. The highest BCUT2D eigenvalue weighted by Gasteiger charge is 2.66. The second-order valence-corrected chi connectivity index (χ2v) is 11.0. The van der Waals surface area contributed by atoms with Crippen LogP contribution in [0.2, 0.25) is 0 Å². The summed E-state index contributed by atoms with van der Waals surface area (Å²) in [5, 5.41) is 37.5. The minimum atomic E-state index is -2.12. The molecular formula is C26H37N3O6. The standard InChI is InChI=1S/C26H37N3O6/c1-8-17-20(25(17,4)5)16-11-15(12-30)22(32)26(34)18(21(16)31)9-13(2)23(26)35-24(33)28(6)19-10-14(3)29(7)27-19/h9-11,16-18,20,22-23,30,32,34H,8,12H2,1-7H3/t16-,17+,18?,20-,22+,23-,26-/m0/s1. The molecule has 3 N–H and O–H groups in total. The van der Waals surface area contributed by atoms with Crippen LogP contribution < -0.4 is 4.90 Å². The van der Waals surface area contributed by atoms with Crippen LogP contribution in [0.3, 0.4) is 0 Å². The molecule has 0 saturated heterocycles. The zero-order valence-electron chi connectivity index (χ0n) is 21.5. The van der Waals surface area contributed by atoms with Crippen LogP contribution in [0.25, 0.3) is 0 Å². The summed E-state index contributed by atoms with van der Waals surface area (Å²) in [5.74, 6) is -1.11. The van der Waals surface area contributed by atoms with Gasteiger partial charge in [0.05, 0.1) is 12.5 Å². The van der Waals surface area contributed by atoms with Crippen molar-refractivity contribution in [2.45, 2.75) is 58.8 Å². The maximum absolute atomic E-state index is 13.8. The smallest absolute Gasteiger partial charge is 0.415 e. The van der Waals surface area contributed by atoms with Crippen LogP contribution in [-0.4, -0.2) is 68.4 Å². The summed E-state index contributed by atoms with van der Waals surface area (Å²) in [6.45, 7) is 9.33. The average molecular weight is 488 g/mol. The van der Waals surface area contributed by atoms with Gasteiger partial charge >= 0.3 is 6.09 Å². The fraction of sp³-hybridized carbons (Fsp3) is 0.654. The van der Waals surface area contributed by atoms with Crippen molar-refractivity contribution in [2.24, 2.45) is 36.1 Å². The summed E-state index contributed by atoms with van der Waals surface area (Å²) in [6.07, 6.45) is 0.522. The SMILES string of the molecule is CC[C@@H]1[C@H]([C@@H]2C=C(CO)[C@@H](O)[C@@]3(O)C(C=C(C)[C@@H]3OC(=O)N(C)c3cc(C)n(C)n3)C2=O)C1(C)C. The van der Waals surface area contributed by atoms with Crippen molar-refractivity contribution in [1.82, 2.24) is 9.78 Å². The van der Waals surface area contributed by atoms with E-state index in [0.717, 1.165) is 12.1 Å². The molecule has 3 aliphatic carbocycles. The summed E-state index contributed by atoms with van der Waals surface area (Å²) < 4.78 is 7.35. The van der Waals surface area contributed by atoms with Crippen LogP contribution in [0.4, 0.5) is 10.6 Å². The molecule has 1 amide bonds. The van der Waals surface area contributed by atoms with Crippen LogP contribution in [0.5, 0.6) is 0 Å². The Morgan fingerprint density at radius 1 is 1.29 bits per heavy atom. The maximum Gasteiger partial charge on any atom is 0.415 e. The lowest BCUT2D eigenvalue weighted by molar-refractivity contribution is -0.155. The minimum Gasteiger partial charge on any atom is -0.438 e. The highest BCUT2D eigenvalue weighted by Crippen LogP contribution is 2.65. The molecule has 1 aromatic rings. The van der Waals surface area contributed by atoms with E-state index < -0.39 is 42.3 Å². The van der Waals surface area contributed by atoms with E-state index in [1.807, 2.05) is 6.92 Å². The number of hydrogen-bond donors (Lipinski definition) is 3. The van der Waals surface area contributed by atoms with Crippen molar-refractivity contribution in [3.05, 3.63) is 35.1 Å². The second kappa shape index (κ2) is 8.57. The van der Waals surface area contributed by atoms with E-state index in [1.165, 1.54) is 11.9 Å². The van der Waals surface area contributed by atoms with Crippen molar-refractivity contribution in [3.8, 4) is 0 Å². The van der Waals surface area contributed by atoms with Gasteiger partial charge < -0.3 is 20.1 Å². The number of fused-ring (bicyclic) bond motifs is 1. The Morgan fingerprint density at radius 2 is 1.94 bits per heavy atom. The fourth-order valence-corrected chi connectivity index (χ4v) is 6.41. The largest absolute Gasteiger partial charge is 0.438 e. The Balaban J connectivity index is 1.66. The van der Waals surface area contributed by atoms with Gasteiger partial charge in [0, 0.05) is 31.8 Å². The van der Waals surface area contributed by atoms with E-state index in [9.17, 15) is 24.9 Å². The Hall–Kier alpha value is -2.49. The third-order valence-electron chi connectivity index (χ3n) is 8.66. The molecule has 0 spiro atoms. The predicted molar refractivity (Wildman–Crippen MR) is 130 cm³/mol. The minimum absolute atomic E-state index is 0.0462. The Morgan fingerprint density at radius 3 is 2.46 bits per heavy atom. The third kappa shape index (κ3) is 3.75. The number of aryl methyl sites for hydroxylation is 2. The number of anilines is 1. The van der Waals surface area contributed by atoms with Crippen molar-refractivity contribution in [1.29, 1.82) is 0 Å². The first-order valence-corrected chi connectivity index (χ1v) is 12.2. The van der Waals surface area contributed by atoms with Gasteiger partial charge in [-0.1, -0.05) is 39.3 Å². The monoisotopic (exact) mass is 487 g/mol. The molecule has 0 bridgehead atoms. The number of aliphatic hydroxyl groups excluding tert-OH is 2. The lowest BCUT2D eigenvalue weighted by Crippen LogP contribution is -2.58. The molecule has 1 fully saturated rings. The van der Waals surface area contributed by atoms with Crippen LogP contribution in [0.1, 0.15) is 39.8 Å². The second-order valence-electron chi connectivity index (χ2n) is 11.0. The number of allylic oxidation sites excluding steroid dienone is 1. The lowest BCUT2D eigenvalue weighted by atomic mass is 9.77. The van der Waals surface area contributed by atoms with Gasteiger partial charge in [-0.25, -0.2) is 4.79 Å². The van der Waals surface area contributed by atoms with Crippen LogP contribution in [-0.2, 0) is 16.6 Å². The number of amides is 1. The zero-order chi connectivity index (χ0) is 26.0. The van der Waals surface area contributed by atoms with Crippen LogP contribution >= 0.6 is 0 Å². The molecule has 9 nitrogen and oxygen atoms in total. The average Bonchev–Trinajstić information content (AvgIpc) is 3.06. The number of ketones is 1. The molecule has 0 aromatic carbocycles. The summed E-state index contributed by atoms with van der Waals surface area (Å²) in [5.41, 5.74) is -0.696. The number of Topliss-reactive ketones (excluding diaryl/α,β-unsaturated/α-hetero) is 1. The number of aliphatic hydroxyl groups is 3. The zero-order valence-corrected chi connectivity index (χ0v) is 21.5. The summed E-state index contributed by atoms with van der Waals surface area (Å²) in [4.78, 5) is 28.1. The molecule has 1 saturated carbocycles. The maximum atomic E-state index is 13.8. The number of hydrogen-bond acceptors (Lipinski definition) is 7. The molecule has 0 radical (unpaired) electrons. The number of nitrogens with zero attached hydrogens (tertiary/aromatic N) is 3. The molecule has 35 heavy (non-hydrogen) atoms. The highest BCUT2D eigenvalue weighted by molar-refractivity contribution is 5.91. The summed E-state index contributed by atoms with van der Waals surface area (Å²) in [6, 6.07) is 1.72. The van der Waals surface area contributed by atoms with Crippen molar-refractivity contribution < 1.29 is 29.6 Å². The molecule has 3 aliphatic rings. The van der Waals surface area contributed by atoms with Crippen molar-refractivity contribution in [3.63, 3.8) is 0 Å². The van der Waals surface area contributed by atoms with Gasteiger partial charge in [0.25, 0.3) is 0 Å². The Kier molecular flexibility index (Phi) is 6.27. The van der Waals surface area contributed by atoms with Gasteiger partial charge in [0.1, 0.15) is 17.5 Å². The number of carbonyl (C=O) groups excluding carboxylic acids is 2. The first-order valence-electron chi connectivity index (χ1n) is 12.2. The third-order valence-corrected chi connectivity index (χ3v) is 8.66. The summed E-state index contributed by atoms with van der Waals surface area (Å²) >= 11 is 0. The Bertz CT molecular complexity index is 1090. The van der Waals surface area contributed by atoms with Gasteiger partial charge in [0.2, 0.25) is 0 Å². The molecule has 4 rings (SSSR count). The van der Waals surface area contributed by atoms with Gasteiger partial charge in [-0.2, -0.15) is 5.10 Å². The Labute approximate surface area is 206 Å². The van der Waals surface area contributed by atoms with Gasteiger partial charge in [-0.3, -0.25) is 14.4 Å². The highest BCUT2D eigenvalue weighted by atomic mass is 16.6. The van der Waals surface area contributed by atoms with Crippen molar-refractivity contribution in [2.75, 3.05) is 18.6 Å². The van der Waals surface area contributed by atoms with E-state index in [4.69, 9.17) is 4.74 Å². The lowest BCUT2D eigenvalue weighted by Gasteiger charge is -2.38. The quantitative estimate of drug-likeness (QED) is 0.544.